The van der Waals surface area contributed by atoms with Gasteiger partial charge in [-0.3, -0.25) is 9.78 Å². The van der Waals surface area contributed by atoms with Gasteiger partial charge < -0.3 is 15.1 Å². The quantitative estimate of drug-likeness (QED) is 0.699. The lowest BCUT2D eigenvalue weighted by molar-refractivity contribution is -0.137. The number of anilines is 2. The Labute approximate surface area is 146 Å². The second-order valence-corrected chi connectivity index (χ2v) is 5.40. The predicted molar refractivity (Wildman–Crippen MR) is 89.7 cm³/mol. The van der Waals surface area contributed by atoms with Gasteiger partial charge in [-0.25, -0.2) is 0 Å². The van der Waals surface area contributed by atoms with Crippen molar-refractivity contribution in [3.8, 4) is 0 Å². The van der Waals surface area contributed by atoms with E-state index in [1.165, 1.54) is 24.4 Å². The average molecular weight is 361 g/mol. The smallest absolute Gasteiger partial charge is 0.416 e. The van der Waals surface area contributed by atoms with E-state index in [4.69, 9.17) is 4.42 Å². The molecule has 8 heteroatoms. The number of nitrogens with one attached hydrogen (secondary N) is 2. The summed E-state index contributed by atoms with van der Waals surface area (Å²) in [5.74, 6) is 0.114. The van der Waals surface area contributed by atoms with E-state index in [-0.39, 0.29) is 11.4 Å². The molecule has 0 aliphatic heterocycles. The monoisotopic (exact) mass is 361 g/mol. The topological polar surface area (TPSA) is 67.2 Å². The Kier molecular flexibility index (Phi) is 4.92. The molecule has 134 valence electrons. The summed E-state index contributed by atoms with van der Waals surface area (Å²) in [6, 6.07) is 11.2. The molecule has 2 aromatic heterocycles. The zero-order chi connectivity index (χ0) is 18.6. The molecule has 26 heavy (non-hydrogen) atoms. The fraction of sp³-hybridized carbons (Fsp3) is 0.111. The Morgan fingerprint density at radius 2 is 1.92 bits per heavy atom. The maximum atomic E-state index is 12.7. The van der Waals surface area contributed by atoms with Crippen LogP contribution in [0.25, 0.3) is 0 Å². The van der Waals surface area contributed by atoms with Crippen LogP contribution in [0.15, 0.2) is 65.4 Å². The molecule has 1 aromatic carbocycles. The lowest BCUT2D eigenvalue weighted by Gasteiger charge is -2.10. The first-order valence-corrected chi connectivity index (χ1v) is 7.63. The van der Waals surface area contributed by atoms with Crippen molar-refractivity contribution in [2.75, 3.05) is 10.6 Å². The molecule has 0 aliphatic carbocycles. The van der Waals surface area contributed by atoms with E-state index in [2.05, 4.69) is 15.6 Å². The molecule has 0 saturated carbocycles. The highest BCUT2D eigenvalue weighted by Crippen LogP contribution is 2.30. The molecule has 0 fully saturated rings. The molecular formula is C18H14F3N3O2. The van der Waals surface area contributed by atoms with Gasteiger partial charge in [0.05, 0.1) is 18.4 Å². The molecule has 2 N–H and O–H groups in total. The van der Waals surface area contributed by atoms with Crippen molar-refractivity contribution in [1.82, 2.24) is 4.98 Å². The standard InChI is InChI=1S/C18H14F3N3O2/c19-18(20,21)12-3-1-4-14(9-12)24-17(25)16-10-13(6-7-22-16)23-11-15-5-2-8-26-15/h1-10H,11H2,(H,22,23)(H,24,25). The number of pyridine rings is 1. The maximum Gasteiger partial charge on any atom is 0.416 e. The second-order valence-electron chi connectivity index (χ2n) is 5.40. The van der Waals surface area contributed by atoms with Crippen molar-refractivity contribution in [2.45, 2.75) is 12.7 Å². The second kappa shape index (κ2) is 7.30. The number of hydrogen-bond acceptors (Lipinski definition) is 4. The van der Waals surface area contributed by atoms with Crippen molar-refractivity contribution in [3.63, 3.8) is 0 Å². The third-order valence-electron chi connectivity index (χ3n) is 3.49. The van der Waals surface area contributed by atoms with E-state index < -0.39 is 17.6 Å². The third kappa shape index (κ3) is 4.41. The summed E-state index contributed by atoms with van der Waals surface area (Å²) < 4.78 is 43.4. The van der Waals surface area contributed by atoms with Gasteiger partial charge >= 0.3 is 6.18 Å². The Hall–Kier alpha value is -3.29. The summed E-state index contributed by atoms with van der Waals surface area (Å²) in [4.78, 5) is 16.2. The van der Waals surface area contributed by atoms with E-state index in [9.17, 15) is 18.0 Å². The minimum atomic E-state index is -4.48. The number of carbonyl (C=O) groups is 1. The van der Waals surface area contributed by atoms with Gasteiger partial charge in [-0.15, -0.1) is 0 Å². The van der Waals surface area contributed by atoms with Crippen molar-refractivity contribution in [3.05, 3.63) is 78.0 Å². The number of benzene rings is 1. The molecule has 0 spiro atoms. The van der Waals surface area contributed by atoms with Crippen LogP contribution in [0.5, 0.6) is 0 Å². The number of carbonyl (C=O) groups excluding carboxylic acids is 1. The predicted octanol–water partition coefficient (Wildman–Crippen LogP) is 4.56. The first-order chi connectivity index (χ1) is 12.4. The van der Waals surface area contributed by atoms with Gasteiger partial charge in [0, 0.05) is 17.6 Å². The van der Waals surface area contributed by atoms with Gasteiger partial charge in [-0.2, -0.15) is 13.2 Å². The third-order valence-corrected chi connectivity index (χ3v) is 3.49. The molecule has 3 aromatic rings. The minimum absolute atomic E-state index is 0.0422. The highest BCUT2D eigenvalue weighted by molar-refractivity contribution is 6.03. The highest BCUT2D eigenvalue weighted by Gasteiger charge is 2.30. The number of furan rings is 1. The highest BCUT2D eigenvalue weighted by atomic mass is 19.4. The Balaban J connectivity index is 1.69. The SMILES string of the molecule is O=C(Nc1cccc(C(F)(F)F)c1)c1cc(NCc2ccco2)ccn1. The summed E-state index contributed by atoms with van der Waals surface area (Å²) in [6.07, 6.45) is -1.49. The van der Waals surface area contributed by atoms with Gasteiger partial charge in [0.1, 0.15) is 11.5 Å². The average Bonchev–Trinajstić information content (AvgIpc) is 3.13. The van der Waals surface area contributed by atoms with E-state index in [1.807, 2.05) is 0 Å². The van der Waals surface area contributed by atoms with Crippen molar-refractivity contribution in [1.29, 1.82) is 0 Å². The van der Waals surface area contributed by atoms with E-state index >= 15 is 0 Å². The van der Waals surface area contributed by atoms with Gasteiger partial charge in [0.25, 0.3) is 5.91 Å². The summed E-state index contributed by atoms with van der Waals surface area (Å²) in [5, 5.41) is 5.49. The van der Waals surface area contributed by atoms with Gasteiger partial charge in [-0.1, -0.05) is 6.07 Å². The van der Waals surface area contributed by atoms with Crippen LogP contribution in [-0.4, -0.2) is 10.9 Å². The van der Waals surface area contributed by atoms with Gasteiger partial charge in [-0.05, 0) is 42.5 Å². The first kappa shape index (κ1) is 17.5. The first-order valence-electron chi connectivity index (χ1n) is 7.63. The van der Waals surface area contributed by atoms with Crippen LogP contribution in [0.2, 0.25) is 0 Å². The molecular weight excluding hydrogens is 347 g/mol. The number of halogens is 3. The zero-order valence-electron chi connectivity index (χ0n) is 13.4. The Morgan fingerprint density at radius 1 is 1.08 bits per heavy atom. The van der Waals surface area contributed by atoms with Crippen molar-refractivity contribution in [2.24, 2.45) is 0 Å². The molecule has 1 amide bonds. The van der Waals surface area contributed by atoms with Crippen molar-refractivity contribution >= 4 is 17.3 Å². The molecule has 0 radical (unpaired) electrons. The molecule has 0 saturated heterocycles. The normalized spacial score (nSPS) is 11.2. The van der Waals surface area contributed by atoms with Crippen LogP contribution in [0.4, 0.5) is 24.5 Å². The Morgan fingerprint density at radius 3 is 2.65 bits per heavy atom. The van der Waals surface area contributed by atoms with E-state index in [1.54, 1.807) is 24.5 Å². The van der Waals surface area contributed by atoms with E-state index in [0.717, 1.165) is 17.9 Å². The molecule has 0 bridgehead atoms. The zero-order valence-corrected chi connectivity index (χ0v) is 13.4. The van der Waals surface area contributed by atoms with Crippen LogP contribution in [-0.2, 0) is 12.7 Å². The fourth-order valence-corrected chi connectivity index (χ4v) is 2.24. The largest absolute Gasteiger partial charge is 0.467 e. The molecule has 0 aliphatic rings. The number of amides is 1. The van der Waals surface area contributed by atoms with Crippen LogP contribution < -0.4 is 10.6 Å². The number of alkyl halides is 3. The van der Waals surface area contributed by atoms with Crippen LogP contribution in [0.3, 0.4) is 0 Å². The van der Waals surface area contributed by atoms with Gasteiger partial charge in [0.15, 0.2) is 0 Å². The van der Waals surface area contributed by atoms with Crippen LogP contribution >= 0.6 is 0 Å². The van der Waals surface area contributed by atoms with E-state index in [0.29, 0.717) is 12.2 Å². The molecule has 2 heterocycles. The van der Waals surface area contributed by atoms with Crippen LogP contribution in [0, 0.1) is 0 Å². The summed E-state index contributed by atoms with van der Waals surface area (Å²) in [5.41, 5.74) is -0.0878. The lowest BCUT2D eigenvalue weighted by atomic mass is 10.2. The summed E-state index contributed by atoms with van der Waals surface area (Å²) in [6.45, 7) is 0.422. The molecule has 3 rings (SSSR count). The minimum Gasteiger partial charge on any atom is -0.467 e. The molecule has 0 unspecified atom stereocenters. The Bertz CT molecular complexity index is 893. The summed E-state index contributed by atoms with van der Waals surface area (Å²) in [7, 11) is 0. The number of nitrogens with zero attached hydrogens (tertiary/aromatic N) is 1. The molecule has 0 atom stereocenters. The van der Waals surface area contributed by atoms with Gasteiger partial charge in [0.2, 0.25) is 0 Å². The lowest BCUT2D eigenvalue weighted by Crippen LogP contribution is -2.15. The molecule has 5 nitrogen and oxygen atoms in total. The van der Waals surface area contributed by atoms with Crippen LogP contribution in [0.1, 0.15) is 21.8 Å². The fourth-order valence-electron chi connectivity index (χ4n) is 2.24. The number of hydrogen-bond donors (Lipinski definition) is 2. The maximum absolute atomic E-state index is 12.7. The number of aromatic nitrogens is 1. The van der Waals surface area contributed by atoms with Crippen molar-refractivity contribution < 1.29 is 22.4 Å². The summed E-state index contributed by atoms with van der Waals surface area (Å²) >= 11 is 0. The number of rotatable bonds is 5.